The summed E-state index contributed by atoms with van der Waals surface area (Å²) in [7, 11) is 0. The minimum absolute atomic E-state index is 0.142. The summed E-state index contributed by atoms with van der Waals surface area (Å²) in [6, 6.07) is 5.66. The average molecular weight is 249 g/mol. The Morgan fingerprint density at radius 2 is 2.00 bits per heavy atom. The molecule has 1 aliphatic rings. The number of halogens is 1. The molecule has 2 atom stereocenters. The largest absolute Gasteiger partial charge is 0.380 e. The molecule has 0 aliphatic heterocycles. The van der Waals surface area contributed by atoms with Crippen molar-refractivity contribution in [2.45, 2.75) is 53.0 Å². The van der Waals surface area contributed by atoms with Gasteiger partial charge in [0.1, 0.15) is 5.82 Å². The van der Waals surface area contributed by atoms with E-state index in [1.807, 2.05) is 19.1 Å². The van der Waals surface area contributed by atoms with Crippen molar-refractivity contribution in [2.24, 2.45) is 11.3 Å². The lowest BCUT2D eigenvalue weighted by atomic mass is 9.70. The van der Waals surface area contributed by atoms with Crippen molar-refractivity contribution >= 4 is 5.69 Å². The maximum absolute atomic E-state index is 13.8. The lowest BCUT2D eigenvalue weighted by Gasteiger charge is -2.39. The summed E-state index contributed by atoms with van der Waals surface area (Å²) in [6.45, 7) is 8.91. The SMILES string of the molecule is Cc1ccc(F)c(NC2CC(C)CC(C)(C)C2)c1. The molecule has 2 rings (SSSR count). The molecule has 0 aromatic heterocycles. The number of rotatable bonds is 2. The summed E-state index contributed by atoms with van der Waals surface area (Å²) in [5, 5.41) is 3.40. The summed E-state index contributed by atoms with van der Waals surface area (Å²) in [5.41, 5.74) is 2.11. The van der Waals surface area contributed by atoms with Gasteiger partial charge in [-0.3, -0.25) is 0 Å². The van der Waals surface area contributed by atoms with Crippen LogP contribution in [0.25, 0.3) is 0 Å². The average Bonchev–Trinajstić information content (AvgIpc) is 2.20. The Hall–Kier alpha value is -1.05. The van der Waals surface area contributed by atoms with Gasteiger partial charge in [0.05, 0.1) is 5.69 Å². The molecule has 0 heterocycles. The van der Waals surface area contributed by atoms with Gasteiger partial charge in [-0.25, -0.2) is 4.39 Å². The summed E-state index contributed by atoms with van der Waals surface area (Å²) in [4.78, 5) is 0. The van der Waals surface area contributed by atoms with E-state index in [1.165, 1.54) is 6.42 Å². The minimum Gasteiger partial charge on any atom is -0.380 e. The van der Waals surface area contributed by atoms with Crippen LogP contribution in [-0.2, 0) is 0 Å². The molecule has 1 fully saturated rings. The third kappa shape index (κ3) is 3.24. The molecular formula is C16H24FN. The third-order valence-electron chi connectivity index (χ3n) is 3.87. The van der Waals surface area contributed by atoms with Gasteiger partial charge in [-0.15, -0.1) is 0 Å². The molecule has 1 aromatic carbocycles. The molecule has 1 nitrogen and oxygen atoms in total. The highest BCUT2D eigenvalue weighted by Crippen LogP contribution is 2.39. The molecule has 1 aliphatic carbocycles. The predicted molar refractivity (Wildman–Crippen MR) is 75.3 cm³/mol. The molecule has 1 N–H and O–H groups in total. The highest BCUT2D eigenvalue weighted by atomic mass is 19.1. The van der Waals surface area contributed by atoms with E-state index < -0.39 is 0 Å². The molecular weight excluding hydrogens is 225 g/mol. The molecule has 0 bridgehead atoms. The molecule has 0 spiro atoms. The smallest absolute Gasteiger partial charge is 0.146 e. The summed E-state index contributed by atoms with van der Waals surface area (Å²) < 4.78 is 13.8. The standard InChI is InChI=1S/C16H24FN/c1-11-5-6-14(17)15(8-11)18-13-7-12(2)9-16(3,4)10-13/h5-6,8,12-13,18H,7,9-10H2,1-4H3. The van der Waals surface area contributed by atoms with Crippen LogP contribution >= 0.6 is 0 Å². The summed E-state index contributed by atoms with van der Waals surface area (Å²) in [6.07, 6.45) is 3.52. The Morgan fingerprint density at radius 3 is 2.67 bits per heavy atom. The van der Waals surface area contributed by atoms with E-state index in [1.54, 1.807) is 6.07 Å². The van der Waals surface area contributed by atoms with Crippen molar-refractivity contribution in [1.82, 2.24) is 0 Å². The molecule has 0 saturated heterocycles. The van der Waals surface area contributed by atoms with Crippen LogP contribution in [0, 0.1) is 24.1 Å². The highest BCUT2D eigenvalue weighted by molar-refractivity contribution is 5.48. The second-order valence-corrected chi connectivity index (χ2v) is 6.74. The van der Waals surface area contributed by atoms with Gasteiger partial charge in [-0.2, -0.15) is 0 Å². The number of anilines is 1. The maximum atomic E-state index is 13.8. The van der Waals surface area contributed by atoms with Crippen LogP contribution in [0.4, 0.5) is 10.1 Å². The Balaban J connectivity index is 2.11. The van der Waals surface area contributed by atoms with Gasteiger partial charge in [0.2, 0.25) is 0 Å². The molecule has 18 heavy (non-hydrogen) atoms. The van der Waals surface area contributed by atoms with Crippen LogP contribution in [0.1, 0.15) is 45.6 Å². The first-order chi connectivity index (χ1) is 8.35. The van der Waals surface area contributed by atoms with Crippen LogP contribution in [-0.4, -0.2) is 6.04 Å². The van der Waals surface area contributed by atoms with E-state index in [-0.39, 0.29) is 5.82 Å². The summed E-state index contributed by atoms with van der Waals surface area (Å²) >= 11 is 0. The van der Waals surface area contributed by atoms with Crippen molar-refractivity contribution in [1.29, 1.82) is 0 Å². The number of aryl methyl sites for hydroxylation is 1. The van der Waals surface area contributed by atoms with Crippen LogP contribution in [0.3, 0.4) is 0 Å². The van der Waals surface area contributed by atoms with Gasteiger partial charge in [-0.05, 0) is 55.2 Å². The fourth-order valence-electron chi connectivity index (χ4n) is 3.43. The number of hydrogen-bond acceptors (Lipinski definition) is 1. The zero-order chi connectivity index (χ0) is 13.3. The molecule has 0 amide bonds. The van der Waals surface area contributed by atoms with Crippen LogP contribution in [0.5, 0.6) is 0 Å². The molecule has 0 radical (unpaired) electrons. The van der Waals surface area contributed by atoms with Crippen molar-refractivity contribution in [2.75, 3.05) is 5.32 Å². The molecule has 100 valence electrons. The zero-order valence-electron chi connectivity index (χ0n) is 11.9. The Labute approximate surface area is 110 Å². The van der Waals surface area contributed by atoms with E-state index >= 15 is 0 Å². The van der Waals surface area contributed by atoms with Gasteiger partial charge in [-0.1, -0.05) is 26.8 Å². The van der Waals surface area contributed by atoms with Gasteiger partial charge in [0.15, 0.2) is 0 Å². The third-order valence-corrected chi connectivity index (χ3v) is 3.87. The number of nitrogens with one attached hydrogen (secondary N) is 1. The Kier molecular flexibility index (Phi) is 3.65. The second kappa shape index (κ2) is 4.91. The van der Waals surface area contributed by atoms with Crippen molar-refractivity contribution in [3.8, 4) is 0 Å². The second-order valence-electron chi connectivity index (χ2n) is 6.74. The first-order valence-electron chi connectivity index (χ1n) is 6.88. The maximum Gasteiger partial charge on any atom is 0.146 e. The normalized spacial score (nSPS) is 26.9. The topological polar surface area (TPSA) is 12.0 Å². The van der Waals surface area contributed by atoms with E-state index in [9.17, 15) is 4.39 Å². The predicted octanol–water partition coefficient (Wildman–Crippen LogP) is 4.76. The molecule has 1 aromatic rings. The van der Waals surface area contributed by atoms with E-state index in [0.717, 1.165) is 18.4 Å². The van der Waals surface area contributed by atoms with Gasteiger partial charge in [0, 0.05) is 6.04 Å². The lowest BCUT2D eigenvalue weighted by Crippen LogP contribution is -2.35. The molecule has 1 saturated carbocycles. The number of benzene rings is 1. The highest BCUT2D eigenvalue weighted by Gasteiger charge is 2.32. The Bertz CT molecular complexity index is 425. The van der Waals surface area contributed by atoms with E-state index in [4.69, 9.17) is 0 Å². The Morgan fingerprint density at radius 1 is 1.28 bits per heavy atom. The van der Waals surface area contributed by atoms with Crippen molar-refractivity contribution < 1.29 is 4.39 Å². The first kappa shape index (κ1) is 13.4. The lowest BCUT2D eigenvalue weighted by molar-refractivity contribution is 0.177. The van der Waals surface area contributed by atoms with Crippen molar-refractivity contribution in [3.05, 3.63) is 29.6 Å². The first-order valence-corrected chi connectivity index (χ1v) is 6.88. The molecule has 2 unspecified atom stereocenters. The van der Waals surface area contributed by atoms with Crippen LogP contribution < -0.4 is 5.32 Å². The quantitative estimate of drug-likeness (QED) is 0.796. The zero-order valence-corrected chi connectivity index (χ0v) is 11.9. The fourth-order valence-corrected chi connectivity index (χ4v) is 3.43. The monoisotopic (exact) mass is 249 g/mol. The summed E-state index contributed by atoms with van der Waals surface area (Å²) in [5.74, 6) is 0.566. The minimum atomic E-state index is -0.142. The van der Waals surface area contributed by atoms with Gasteiger partial charge >= 0.3 is 0 Å². The molecule has 2 heteroatoms. The number of hydrogen-bond donors (Lipinski definition) is 1. The van der Waals surface area contributed by atoms with Crippen LogP contribution in [0.2, 0.25) is 0 Å². The van der Waals surface area contributed by atoms with E-state index in [0.29, 0.717) is 23.1 Å². The van der Waals surface area contributed by atoms with Gasteiger partial charge < -0.3 is 5.32 Å². The van der Waals surface area contributed by atoms with Gasteiger partial charge in [0.25, 0.3) is 0 Å². The van der Waals surface area contributed by atoms with Crippen molar-refractivity contribution in [3.63, 3.8) is 0 Å². The van der Waals surface area contributed by atoms with Crippen LogP contribution in [0.15, 0.2) is 18.2 Å². The fraction of sp³-hybridized carbons (Fsp3) is 0.625. The van der Waals surface area contributed by atoms with E-state index in [2.05, 4.69) is 26.1 Å².